The van der Waals surface area contributed by atoms with Crippen molar-refractivity contribution in [2.24, 2.45) is 5.92 Å². The molecule has 3 aromatic carbocycles. The van der Waals surface area contributed by atoms with Crippen molar-refractivity contribution < 1.29 is 14.6 Å². The number of aromatic nitrogens is 2. The van der Waals surface area contributed by atoms with Crippen LogP contribution in [0.15, 0.2) is 48.5 Å². The summed E-state index contributed by atoms with van der Waals surface area (Å²) in [5, 5.41) is 17.8. The number of para-hydroxylation sites is 2. The Morgan fingerprint density at radius 1 is 1.06 bits per heavy atom. The number of carbonyl (C=O) groups excluding carboxylic acids is 1. The third-order valence-electron chi connectivity index (χ3n) is 8.09. The zero-order valence-corrected chi connectivity index (χ0v) is 17.6. The number of benzene rings is 3. The molecule has 8 rings (SSSR count). The molecule has 5 aromatic rings. The van der Waals surface area contributed by atoms with E-state index in [0.29, 0.717) is 6.54 Å². The summed E-state index contributed by atoms with van der Waals surface area (Å²) in [4.78, 5) is 13.2. The van der Waals surface area contributed by atoms with Crippen LogP contribution in [0.25, 0.3) is 43.6 Å². The SMILES string of the molecule is CC12OC(CC1CO)n1c3ccccc3c3c4c(c5c6ccccc6n2c5c31)CNC4=O. The monoisotopic (exact) mass is 423 g/mol. The van der Waals surface area contributed by atoms with Crippen molar-refractivity contribution in [3.8, 4) is 0 Å². The van der Waals surface area contributed by atoms with Gasteiger partial charge in [0.1, 0.15) is 12.0 Å². The topological polar surface area (TPSA) is 68.4 Å². The van der Waals surface area contributed by atoms with Gasteiger partial charge in [-0.2, -0.15) is 0 Å². The van der Waals surface area contributed by atoms with Gasteiger partial charge in [0.2, 0.25) is 0 Å². The lowest BCUT2D eigenvalue weighted by molar-refractivity contribution is -0.122. The van der Waals surface area contributed by atoms with E-state index in [1.54, 1.807) is 0 Å². The summed E-state index contributed by atoms with van der Waals surface area (Å²) in [6, 6.07) is 16.7. The van der Waals surface area contributed by atoms with Gasteiger partial charge < -0.3 is 24.3 Å². The fraction of sp³-hybridized carbons (Fsp3) is 0.269. The summed E-state index contributed by atoms with van der Waals surface area (Å²) in [5.74, 6) is -0.0414. The molecule has 5 heterocycles. The molecule has 0 aliphatic carbocycles. The normalized spacial score (nSPS) is 26.0. The lowest BCUT2D eigenvalue weighted by Gasteiger charge is -2.32. The molecule has 6 nitrogen and oxygen atoms in total. The van der Waals surface area contributed by atoms with Crippen LogP contribution in [0.3, 0.4) is 0 Å². The van der Waals surface area contributed by atoms with Gasteiger partial charge >= 0.3 is 0 Å². The van der Waals surface area contributed by atoms with E-state index in [0.717, 1.165) is 61.2 Å². The van der Waals surface area contributed by atoms with Gasteiger partial charge in [-0.15, -0.1) is 0 Å². The number of aliphatic hydroxyl groups excluding tert-OH is 1. The third kappa shape index (κ3) is 1.66. The van der Waals surface area contributed by atoms with Gasteiger partial charge in [0, 0.05) is 40.4 Å². The molecule has 0 saturated carbocycles. The average molecular weight is 423 g/mol. The van der Waals surface area contributed by atoms with Gasteiger partial charge in [-0.25, -0.2) is 0 Å². The molecule has 2 N–H and O–H groups in total. The number of hydrogen-bond donors (Lipinski definition) is 2. The van der Waals surface area contributed by atoms with Crippen molar-refractivity contribution in [2.75, 3.05) is 6.61 Å². The van der Waals surface area contributed by atoms with E-state index in [4.69, 9.17) is 4.74 Å². The summed E-state index contributed by atoms with van der Waals surface area (Å²) in [5.41, 5.74) is 5.51. The molecule has 158 valence electrons. The Balaban J connectivity index is 1.78. The van der Waals surface area contributed by atoms with Crippen LogP contribution in [0.2, 0.25) is 0 Å². The quantitative estimate of drug-likeness (QED) is 0.421. The van der Waals surface area contributed by atoms with E-state index in [2.05, 4.69) is 57.8 Å². The van der Waals surface area contributed by atoms with Gasteiger partial charge in [-0.1, -0.05) is 36.4 Å². The molecule has 6 heteroatoms. The number of nitrogens with zero attached hydrogens (tertiary/aromatic N) is 2. The third-order valence-corrected chi connectivity index (χ3v) is 8.09. The van der Waals surface area contributed by atoms with Gasteiger partial charge in [-0.05, 0) is 24.6 Å². The number of ether oxygens (including phenoxy) is 1. The molecule has 3 unspecified atom stereocenters. The Morgan fingerprint density at radius 2 is 1.78 bits per heavy atom. The fourth-order valence-electron chi connectivity index (χ4n) is 6.76. The molecule has 1 saturated heterocycles. The molecule has 3 atom stereocenters. The highest BCUT2D eigenvalue weighted by Crippen LogP contribution is 2.55. The fourth-order valence-corrected chi connectivity index (χ4v) is 6.76. The second-order valence-electron chi connectivity index (χ2n) is 9.47. The number of hydrogen-bond acceptors (Lipinski definition) is 3. The maximum atomic E-state index is 13.2. The smallest absolute Gasteiger partial charge is 0.252 e. The van der Waals surface area contributed by atoms with Crippen LogP contribution in [0, 0.1) is 5.92 Å². The van der Waals surface area contributed by atoms with Crippen molar-refractivity contribution in [1.82, 2.24) is 14.5 Å². The largest absolute Gasteiger partial charge is 0.396 e. The molecule has 1 amide bonds. The standard InChI is InChI=1S/C26H21N3O3/c1-26-13(12-30)10-19(32-26)28-17-8-4-2-6-14(17)21-22-16(11-27-25(22)31)20-15-7-3-5-9-18(15)29(26)24(20)23(21)28/h2-9,13,19,30H,10-12H2,1H3,(H,27,31). The van der Waals surface area contributed by atoms with E-state index < -0.39 is 5.72 Å². The first-order valence-electron chi connectivity index (χ1n) is 11.2. The van der Waals surface area contributed by atoms with Gasteiger partial charge in [-0.3, -0.25) is 4.79 Å². The van der Waals surface area contributed by atoms with E-state index in [-0.39, 0.29) is 24.7 Å². The molecule has 2 bridgehead atoms. The van der Waals surface area contributed by atoms with Crippen LogP contribution in [0.1, 0.15) is 35.5 Å². The van der Waals surface area contributed by atoms with Crippen molar-refractivity contribution in [3.63, 3.8) is 0 Å². The molecular formula is C26H21N3O3. The molecule has 1 fully saturated rings. The molecule has 0 radical (unpaired) electrons. The molecule has 32 heavy (non-hydrogen) atoms. The summed E-state index contributed by atoms with van der Waals surface area (Å²) in [7, 11) is 0. The molecule has 3 aliphatic heterocycles. The first-order valence-corrected chi connectivity index (χ1v) is 11.2. The predicted molar refractivity (Wildman–Crippen MR) is 123 cm³/mol. The van der Waals surface area contributed by atoms with Crippen molar-refractivity contribution >= 4 is 49.5 Å². The minimum atomic E-state index is -0.682. The minimum Gasteiger partial charge on any atom is -0.396 e. The maximum Gasteiger partial charge on any atom is 0.252 e. The van der Waals surface area contributed by atoms with Gasteiger partial charge in [0.25, 0.3) is 5.91 Å². The zero-order valence-electron chi connectivity index (χ0n) is 17.6. The Morgan fingerprint density at radius 3 is 2.56 bits per heavy atom. The Kier molecular flexibility index (Phi) is 2.88. The molecule has 2 aromatic heterocycles. The van der Waals surface area contributed by atoms with Crippen molar-refractivity contribution in [3.05, 3.63) is 59.7 Å². The minimum absolute atomic E-state index is 0.00333. The number of amides is 1. The summed E-state index contributed by atoms with van der Waals surface area (Å²) >= 11 is 0. The van der Waals surface area contributed by atoms with Crippen LogP contribution in [-0.4, -0.2) is 26.8 Å². The first-order chi connectivity index (χ1) is 15.6. The highest BCUT2D eigenvalue weighted by Gasteiger charge is 2.51. The second-order valence-corrected chi connectivity index (χ2v) is 9.47. The number of rotatable bonds is 1. The van der Waals surface area contributed by atoms with Crippen LogP contribution in [-0.2, 0) is 17.0 Å². The maximum absolute atomic E-state index is 13.2. The van der Waals surface area contributed by atoms with E-state index in [1.807, 2.05) is 12.1 Å². The van der Waals surface area contributed by atoms with Gasteiger partial charge in [0.05, 0.1) is 34.2 Å². The molecule has 0 spiro atoms. The Hall–Kier alpha value is -3.35. The van der Waals surface area contributed by atoms with Crippen LogP contribution >= 0.6 is 0 Å². The second kappa shape index (κ2) is 5.34. The van der Waals surface area contributed by atoms with Crippen LogP contribution < -0.4 is 5.32 Å². The van der Waals surface area contributed by atoms with Crippen molar-refractivity contribution in [2.45, 2.75) is 31.8 Å². The number of fused-ring (bicyclic) bond motifs is 13. The highest BCUT2D eigenvalue weighted by molar-refractivity contribution is 6.31. The number of carbonyl (C=O) groups is 1. The summed E-state index contributed by atoms with van der Waals surface area (Å²) < 4.78 is 11.4. The summed E-state index contributed by atoms with van der Waals surface area (Å²) in [6.45, 7) is 2.69. The van der Waals surface area contributed by atoms with Crippen LogP contribution in [0.5, 0.6) is 0 Å². The molecule has 3 aliphatic rings. The van der Waals surface area contributed by atoms with Gasteiger partial charge in [0.15, 0.2) is 0 Å². The van der Waals surface area contributed by atoms with E-state index >= 15 is 0 Å². The van der Waals surface area contributed by atoms with E-state index in [9.17, 15) is 9.90 Å². The Labute approximate surface area is 183 Å². The van der Waals surface area contributed by atoms with Crippen molar-refractivity contribution in [1.29, 1.82) is 0 Å². The first kappa shape index (κ1) is 17.2. The zero-order chi connectivity index (χ0) is 21.4. The Bertz CT molecular complexity index is 1680. The lowest BCUT2D eigenvalue weighted by Crippen LogP contribution is -2.37. The number of aliphatic hydroxyl groups is 1. The van der Waals surface area contributed by atoms with Crippen LogP contribution in [0.4, 0.5) is 0 Å². The lowest BCUT2D eigenvalue weighted by atomic mass is 9.94. The van der Waals surface area contributed by atoms with E-state index in [1.165, 1.54) is 0 Å². The highest BCUT2D eigenvalue weighted by atomic mass is 16.5. The predicted octanol–water partition coefficient (Wildman–Crippen LogP) is 4.36. The summed E-state index contributed by atoms with van der Waals surface area (Å²) in [6.07, 6.45) is 0.515. The average Bonchev–Trinajstić information content (AvgIpc) is 3.51. The number of nitrogens with one attached hydrogen (secondary N) is 1. The molecular weight excluding hydrogens is 402 g/mol.